The molecule has 4 heteroatoms. The van der Waals surface area contributed by atoms with Crippen LogP contribution in [0.15, 0.2) is 42.5 Å². The minimum atomic E-state index is -0.357. The first-order valence-corrected chi connectivity index (χ1v) is 6.89. The number of benzene rings is 2. The Bertz CT molecular complexity index is 601. The van der Waals surface area contributed by atoms with E-state index in [0.717, 1.165) is 16.7 Å². The Kier molecular flexibility index (Phi) is 5.31. The van der Waals surface area contributed by atoms with Crippen LogP contribution in [0.3, 0.4) is 0 Å². The number of aliphatic hydroxyl groups is 1. The largest absolute Gasteiger partial charge is 0.494 e. The van der Waals surface area contributed by atoms with Crippen molar-refractivity contribution in [1.82, 2.24) is 5.32 Å². The number of ether oxygens (including phenoxy) is 1. The van der Waals surface area contributed by atoms with Gasteiger partial charge < -0.3 is 15.2 Å². The minimum Gasteiger partial charge on any atom is -0.494 e. The molecular formula is C17H20FNO2. The zero-order valence-corrected chi connectivity index (χ0v) is 12.3. The molecule has 0 aromatic heterocycles. The molecule has 21 heavy (non-hydrogen) atoms. The third-order valence-corrected chi connectivity index (χ3v) is 3.46. The van der Waals surface area contributed by atoms with Crippen LogP contribution in [0.5, 0.6) is 5.75 Å². The second-order valence-corrected chi connectivity index (χ2v) is 4.97. The van der Waals surface area contributed by atoms with Gasteiger partial charge in [-0.25, -0.2) is 4.39 Å². The molecule has 0 spiro atoms. The van der Waals surface area contributed by atoms with E-state index >= 15 is 0 Å². The maximum atomic E-state index is 13.4. The van der Waals surface area contributed by atoms with Crippen molar-refractivity contribution in [3.8, 4) is 5.75 Å². The molecule has 0 aliphatic rings. The third-order valence-electron chi connectivity index (χ3n) is 3.46. The first-order valence-electron chi connectivity index (χ1n) is 6.89. The molecule has 0 fully saturated rings. The predicted molar refractivity (Wildman–Crippen MR) is 80.6 cm³/mol. The van der Waals surface area contributed by atoms with Gasteiger partial charge in [0.05, 0.1) is 13.7 Å². The summed E-state index contributed by atoms with van der Waals surface area (Å²) < 4.78 is 18.4. The molecule has 2 aromatic rings. The van der Waals surface area contributed by atoms with Crippen molar-refractivity contribution >= 4 is 0 Å². The lowest BCUT2D eigenvalue weighted by molar-refractivity contribution is 0.281. The highest BCUT2D eigenvalue weighted by Gasteiger charge is 2.09. The van der Waals surface area contributed by atoms with Gasteiger partial charge in [-0.3, -0.25) is 0 Å². The molecule has 0 radical (unpaired) electrons. The number of hydrogen-bond acceptors (Lipinski definition) is 3. The second-order valence-electron chi connectivity index (χ2n) is 4.97. The fourth-order valence-corrected chi connectivity index (χ4v) is 2.17. The van der Waals surface area contributed by atoms with E-state index in [4.69, 9.17) is 9.84 Å². The van der Waals surface area contributed by atoms with Gasteiger partial charge in [0.15, 0.2) is 11.6 Å². The average molecular weight is 289 g/mol. The summed E-state index contributed by atoms with van der Waals surface area (Å²) in [6.07, 6.45) is 0. The van der Waals surface area contributed by atoms with E-state index in [-0.39, 0.29) is 24.2 Å². The smallest absolute Gasteiger partial charge is 0.165 e. The topological polar surface area (TPSA) is 41.5 Å². The monoisotopic (exact) mass is 289 g/mol. The SMILES string of the molecule is COc1cc(C(C)NCc2cccc(CO)c2)ccc1F. The van der Waals surface area contributed by atoms with Crippen molar-refractivity contribution in [3.05, 3.63) is 65.0 Å². The van der Waals surface area contributed by atoms with Gasteiger partial charge in [0, 0.05) is 12.6 Å². The summed E-state index contributed by atoms with van der Waals surface area (Å²) in [5.74, 6) is -0.104. The summed E-state index contributed by atoms with van der Waals surface area (Å²) >= 11 is 0. The van der Waals surface area contributed by atoms with E-state index < -0.39 is 0 Å². The Balaban J connectivity index is 2.02. The lowest BCUT2D eigenvalue weighted by Crippen LogP contribution is -2.18. The standard InChI is InChI=1S/C17H20FNO2/c1-12(15-6-7-16(18)17(9-15)21-2)19-10-13-4-3-5-14(8-13)11-20/h3-9,12,19-20H,10-11H2,1-2H3. The molecule has 0 aliphatic heterocycles. The summed E-state index contributed by atoms with van der Waals surface area (Å²) in [6, 6.07) is 12.7. The number of hydrogen-bond donors (Lipinski definition) is 2. The molecule has 1 atom stereocenters. The van der Waals surface area contributed by atoms with E-state index in [1.807, 2.05) is 31.2 Å². The van der Waals surface area contributed by atoms with Gasteiger partial charge >= 0.3 is 0 Å². The molecule has 0 aliphatic carbocycles. The van der Waals surface area contributed by atoms with Crippen LogP contribution in [0.4, 0.5) is 4.39 Å². The fourth-order valence-electron chi connectivity index (χ4n) is 2.17. The molecule has 2 N–H and O–H groups in total. The molecule has 0 heterocycles. The minimum absolute atomic E-state index is 0.0402. The Labute approximate surface area is 124 Å². The fraction of sp³-hybridized carbons (Fsp3) is 0.294. The summed E-state index contributed by atoms with van der Waals surface area (Å²) in [7, 11) is 1.46. The van der Waals surface area contributed by atoms with Crippen LogP contribution in [0.25, 0.3) is 0 Å². The summed E-state index contributed by atoms with van der Waals surface area (Å²) in [5.41, 5.74) is 2.96. The third kappa shape index (κ3) is 4.03. The van der Waals surface area contributed by atoms with E-state index in [2.05, 4.69) is 5.32 Å². The van der Waals surface area contributed by atoms with Crippen LogP contribution in [0.2, 0.25) is 0 Å². The first kappa shape index (κ1) is 15.5. The van der Waals surface area contributed by atoms with Gasteiger partial charge in [-0.15, -0.1) is 0 Å². The summed E-state index contributed by atoms with van der Waals surface area (Å²) in [4.78, 5) is 0. The number of aliphatic hydroxyl groups excluding tert-OH is 1. The van der Waals surface area contributed by atoms with Gasteiger partial charge in [0.1, 0.15) is 0 Å². The lowest BCUT2D eigenvalue weighted by Gasteiger charge is -2.16. The Morgan fingerprint density at radius 2 is 1.95 bits per heavy atom. The van der Waals surface area contributed by atoms with Crippen LogP contribution < -0.4 is 10.1 Å². The second kappa shape index (κ2) is 7.20. The van der Waals surface area contributed by atoms with E-state index in [1.54, 1.807) is 12.1 Å². The molecule has 3 nitrogen and oxygen atoms in total. The average Bonchev–Trinajstić information content (AvgIpc) is 2.53. The van der Waals surface area contributed by atoms with Crippen LogP contribution >= 0.6 is 0 Å². The molecule has 0 amide bonds. The van der Waals surface area contributed by atoms with Crippen molar-refractivity contribution < 1.29 is 14.2 Å². The molecule has 0 saturated carbocycles. The van der Waals surface area contributed by atoms with Crippen molar-refractivity contribution in [2.24, 2.45) is 0 Å². The van der Waals surface area contributed by atoms with Crippen LogP contribution in [0, 0.1) is 5.82 Å². The predicted octanol–water partition coefficient (Wildman–Crippen LogP) is 3.18. The van der Waals surface area contributed by atoms with Crippen molar-refractivity contribution in [3.63, 3.8) is 0 Å². The van der Waals surface area contributed by atoms with Gasteiger partial charge in [-0.05, 0) is 35.7 Å². The van der Waals surface area contributed by atoms with Gasteiger partial charge in [0.25, 0.3) is 0 Å². The number of halogens is 1. The van der Waals surface area contributed by atoms with Crippen LogP contribution in [-0.4, -0.2) is 12.2 Å². The highest BCUT2D eigenvalue weighted by atomic mass is 19.1. The zero-order chi connectivity index (χ0) is 15.2. The number of rotatable bonds is 6. The van der Waals surface area contributed by atoms with Gasteiger partial charge in [-0.1, -0.05) is 30.3 Å². The van der Waals surface area contributed by atoms with E-state index in [1.165, 1.54) is 13.2 Å². The van der Waals surface area contributed by atoms with Gasteiger partial charge in [0.2, 0.25) is 0 Å². The molecule has 1 unspecified atom stereocenters. The number of nitrogens with one attached hydrogen (secondary N) is 1. The van der Waals surface area contributed by atoms with Crippen molar-refractivity contribution in [2.45, 2.75) is 26.1 Å². The lowest BCUT2D eigenvalue weighted by atomic mass is 10.1. The quantitative estimate of drug-likeness (QED) is 0.858. The van der Waals surface area contributed by atoms with Crippen LogP contribution in [-0.2, 0) is 13.2 Å². The van der Waals surface area contributed by atoms with E-state index in [0.29, 0.717) is 6.54 Å². The highest BCUT2D eigenvalue weighted by Crippen LogP contribution is 2.22. The Hall–Kier alpha value is -1.91. The molecule has 0 bridgehead atoms. The highest BCUT2D eigenvalue weighted by molar-refractivity contribution is 5.32. The summed E-state index contributed by atoms with van der Waals surface area (Å²) in [5, 5.41) is 12.5. The summed E-state index contributed by atoms with van der Waals surface area (Å²) in [6.45, 7) is 2.73. The molecule has 2 rings (SSSR count). The molecule has 0 saturated heterocycles. The maximum Gasteiger partial charge on any atom is 0.165 e. The molecular weight excluding hydrogens is 269 g/mol. The normalized spacial score (nSPS) is 12.2. The van der Waals surface area contributed by atoms with Crippen molar-refractivity contribution in [2.75, 3.05) is 7.11 Å². The van der Waals surface area contributed by atoms with Crippen molar-refractivity contribution in [1.29, 1.82) is 0 Å². The molecule has 2 aromatic carbocycles. The van der Waals surface area contributed by atoms with E-state index in [9.17, 15) is 4.39 Å². The van der Waals surface area contributed by atoms with Gasteiger partial charge in [-0.2, -0.15) is 0 Å². The zero-order valence-electron chi connectivity index (χ0n) is 12.3. The molecule has 112 valence electrons. The first-order chi connectivity index (χ1) is 10.1. The maximum absolute atomic E-state index is 13.4. The van der Waals surface area contributed by atoms with Crippen LogP contribution in [0.1, 0.15) is 29.7 Å². The number of methoxy groups -OCH3 is 1. The Morgan fingerprint density at radius 1 is 1.19 bits per heavy atom. The Morgan fingerprint density at radius 3 is 2.67 bits per heavy atom.